The van der Waals surface area contributed by atoms with Gasteiger partial charge >= 0.3 is 0 Å². The lowest BCUT2D eigenvalue weighted by Gasteiger charge is -2.23. The van der Waals surface area contributed by atoms with Gasteiger partial charge in [0.1, 0.15) is 5.84 Å². The number of nitrogens with zero attached hydrogens (tertiary/aromatic N) is 5. The monoisotopic (exact) mass is 512 g/mol. The number of amides is 1. The molecule has 1 atom stereocenters. The summed E-state index contributed by atoms with van der Waals surface area (Å²) < 4.78 is 0. The number of hydrazone groups is 1. The van der Waals surface area contributed by atoms with Crippen molar-refractivity contribution in [2.45, 2.75) is 123 Å². The molecule has 206 valence electrons. The Hall–Kier alpha value is -2.97. The van der Waals surface area contributed by atoms with E-state index >= 15 is 0 Å². The molecule has 9 nitrogen and oxygen atoms in total. The number of aryl methyl sites for hydroxylation is 1. The van der Waals surface area contributed by atoms with Gasteiger partial charge in [0, 0.05) is 5.69 Å². The number of nitrogens with one attached hydrogen (secondary N) is 1. The second-order valence-electron chi connectivity index (χ2n) is 10.5. The molecule has 0 spiro atoms. The number of nitrogens with two attached hydrogens (primary N) is 2. The van der Waals surface area contributed by atoms with Gasteiger partial charge in [-0.25, -0.2) is 0 Å². The molecule has 1 aromatic carbocycles. The molecule has 0 saturated heterocycles. The Morgan fingerprint density at radius 1 is 0.946 bits per heavy atom. The van der Waals surface area contributed by atoms with E-state index in [0.29, 0.717) is 6.54 Å². The Kier molecular flexibility index (Phi) is 13.1. The van der Waals surface area contributed by atoms with Gasteiger partial charge < -0.3 is 16.9 Å². The summed E-state index contributed by atoms with van der Waals surface area (Å²) in [7, 11) is 0. The number of amidine groups is 1. The van der Waals surface area contributed by atoms with Crippen LogP contribution in [0.5, 0.6) is 0 Å². The first-order valence-electron chi connectivity index (χ1n) is 14.0. The van der Waals surface area contributed by atoms with Gasteiger partial charge in [0.05, 0.1) is 6.54 Å². The molecule has 0 saturated carbocycles. The number of rotatable bonds is 17. The molecule has 1 unspecified atom stereocenters. The summed E-state index contributed by atoms with van der Waals surface area (Å²) >= 11 is 0. The largest absolute Gasteiger partial charge is 0.369 e. The topological polar surface area (TPSA) is 137 Å². The molecule has 0 aliphatic carbocycles. The smallest absolute Gasteiger partial charge is 0.236 e. The summed E-state index contributed by atoms with van der Waals surface area (Å²) in [4.78, 5) is 14.0. The third kappa shape index (κ3) is 9.44. The molecule has 37 heavy (non-hydrogen) atoms. The van der Waals surface area contributed by atoms with Crippen molar-refractivity contribution in [3.8, 4) is 0 Å². The van der Waals surface area contributed by atoms with E-state index in [9.17, 15) is 4.79 Å². The Labute approximate surface area is 222 Å². The average Bonchev–Trinajstić information content (AvgIpc) is 3.32. The highest BCUT2D eigenvalue weighted by atomic mass is 16.1. The maximum Gasteiger partial charge on any atom is 0.236 e. The van der Waals surface area contributed by atoms with E-state index in [1.165, 1.54) is 56.2 Å². The van der Waals surface area contributed by atoms with E-state index in [1.807, 2.05) is 6.07 Å². The minimum atomic E-state index is -1.02. The number of carbonyl (C=O) groups is 1. The molecule has 5 N–H and O–H groups in total. The number of aromatic nitrogens is 4. The lowest BCUT2D eigenvalue weighted by Crippen LogP contribution is -2.35. The molecule has 1 heterocycles. The number of hydrogen-bond donors (Lipinski definition) is 3. The van der Waals surface area contributed by atoms with Crippen LogP contribution in [0.4, 0.5) is 5.69 Å². The summed E-state index contributed by atoms with van der Waals surface area (Å²) in [6.07, 6.45) is 12.6. The van der Waals surface area contributed by atoms with Crippen LogP contribution in [0.2, 0.25) is 0 Å². The quantitative estimate of drug-likeness (QED) is 0.0806. The molecule has 0 aliphatic heterocycles. The SMILES string of the molecule is CCCCCCCCCCCCn1nnc(C(C(N)=O)C(=NN)Nc2c(C(C)C)cccc2C(C)C)n1. The molecule has 2 aromatic rings. The van der Waals surface area contributed by atoms with Crippen molar-refractivity contribution in [3.63, 3.8) is 0 Å². The van der Waals surface area contributed by atoms with Crippen LogP contribution in [-0.4, -0.2) is 32.0 Å². The van der Waals surface area contributed by atoms with E-state index < -0.39 is 11.8 Å². The molecule has 2 rings (SSSR count). The fraction of sp³-hybridized carbons (Fsp3) is 0.679. The minimum Gasteiger partial charge on any atom is -0.369 e. The van der Waals surface area contributed by atoms with E-state index in [2.05, 4.69) is 72.6 Å². The van der Waals surface area contributed by atoms with Crippen molar-refractivity contribution in [1.29, 1.82) is 0 Å². The summed E-state index contributed by atoms with van der Waals surface area (Å²) in [5, 5.41) is 20.0. The van der Waals surface area contributed by atoms with Crippen molar-refractivity contribution in [2.24, 2.45) is 16.7 Å². The molecule has 0 radical (unpaired) electrons. The number of para-hydroxylation sites is 1. The highest BCUT2D eigenvalue weighted by Crippen LogP contribution is 2.33. The van der Waals surface area contributed by atoms with Gasteiger partial charge in [0.15, 0.2) is 11.7 Å². The van der Waals surface area contributed by atoms with Crippen LogP contribution in [0.1, 0.15) is 134 Å². The van der Waals surface area contributed by atoms with E-state index in [-0.39, 0.29) is 23.5 Å². The van der Waals surface area contributed by atoms with Crippen molar-refractivity contribution in [1.82, 2.24) is 20.2 Å². The van der Waals surface area contributed by atoms with Crippen molar-refractivity contribution in [2.75, 3.05) is 5.32 Å². The molecule has 9 heteroatoms. The van der Waals surface area contributed by atoms with Crippen molar-refractivity contribution >= 4 is 17.4 Å². The Morgan fingerprint density at radius 3 is 1.97 bits per heavy atom. The zero-order valence-corrected chi connectivity index (χ0v) is 23.5. The first-order valence-corrected chi connectivity index (χ1v) is 14.0. The first-order chi connectivity index (χ1) is 17.8. The average molecular weight is 513 g/mol. The van der Waals surface area contributed by atoms with Gasteiger partial charge in [-0.2, -0.15) is 9.90 Å². The highest BCUT2D eigenvalue weighted by molar-refractivity contribution is 6.13. The number of primary amides is 1. The fourth-order valence-electron chi connectivity index (χ4n) is 4.59. The summed E-state index contributed by atoms with van der Waals surface area (Å²) in [5.41, 5.74) is 8.88. The van der Waals surface area contributed by atoms with Crippen LogP contribution in [0.15, 0.2) is 23.3 Å². The number of unbranched alkanes of at least 4 members (excludes halogenated alkanes) is 9. The van der Waals surface area contributed by atoms with Crippen LogP contribution < -0.4 is 16.9 Å². The zero-order chi connectivity index (χ0) is 27.2. The van der Waals surface area contributed by atoms with Crippen LogP contribution in [0.25, 0.3) is 0 Å². The fourth-order valence-corrected chi connectivity index (χ4v) is 4.59. The van der Waals surface area contributed by atoms with Crippen molar-refractivity contribution in [3.05, 3.63) is 35.2 Å². The van der Waals surface area contributed by atoms with Gasteiger partial charge in [-0.05, 0) is 34.6 Å². The predicted molar refractivity (Wildman–Crippen MR) is 151 cm³/mol. The normalized spacial score (nSPS) is 12.9. The molecule has 0 aliphatic rings. The number of hydrogen-bond acceptors (Lipinski definition) is 6. The summed E-state index contributed by atoms with van der Waals surface area (Å²) in [6, 6.07) is 6.17. The van der Waals surface area contributed by atoms with E-state index in [1.54, 1.807) is 0 Å². The van der Waals surface area contributed by atoms with E-state index in [0.717, 1.165) is 29.7 Å². The van der Waals surface area contributed by atoms with Gasteiger partial charge in [-0.3, -0.25) is 4.79 Å². The number of tetrazole rings is 1. The number of carbonyl (C=O) groups excluding carboxylic acids is 1. The standard InChI is InChI=1S/C28H48N8O/c1-6-7-8-9-10-11-12-13-14-15-19-36-34-28(33-35-36)24(26(29)37)27(32-30)31-25-22(20(2)3)17-16-18-23(25)21(4)5/h16-18,20-21,24H,6-15,19,30H2,1-5H3,(H2,29,37)(H,31,32). The highest BCUT2D eigenvalue weighted by Gasteiger charge is 2.31. The third-order valence-electron chi connectivity index (χ3n) is 6.76. The third-order valence-corrected chi connectivity index (χ3v) is 6.76. The molecule has 1 aromatic heterocycles. The van der Waals surface area contributed by atoms with Crippen LogP contribution in [0, 0.1) is 0 Å². The molecule has 0 fully saturated rings. The number of anilines is 1. The molecule has 1 amide bonds. The Balaban J connectivity index is 2.01. The van der Waals surface area contributed by atoms with Gasteiger partial charge in [0.2, 0.25) is 5.91 Å². The van der Waals surface area contributed by atoms with Crippen LogP contribution in [0.3, 0.4) is 0 Å². The molecular formula is C28H48N8O. The first kappa shape index (κ1) is 30.3. The van der Waals surface area contributed by atoms with Gasteiger partial charge in [0.25, 0.3) is 0 Å². The van der Waals surface area contributed by atoms with E-state index in [4.69, 9.17) is 11.6 Å². The predicted octanol–water partition coefficient (Wildman–Crippen LogP) is 5.79. The lowest BCUT2D eigenvalue weighted by molar-refractivity contribution is -0.118. The molecular weight excluding hydrogens is 464 g/mol. The second kappa shape index (κ2) is 16.0. The summed E-state index contributed by atoms with van der Waals surface area (Å²) in [5.74, 6) is 5.03. The maximum absolute atomic E-state index is 12.5. The summed E-state index contributed by atoms with van der Waals surface area (Å²) in [6.45, 7) is 11.4. The van der Waals surface area contributed by atoms with Gasteiger partial charge in [-0.15, -0.1) is 10.2 Å². The zero-order valence-electron chi connectivity index (χ0n) is 23.5. The maximum atomic E-state index is 12.5. The Bertz CT molecular complexity index is 956. The lowest BCUT2D eigenvalue weighted by atomic mass is 9.92. The Morgan fingerprint density at radius 2 is 1.49 bits per heavy atom. The molecule has 0 bridgehead atoms. The van der Waals surface area contributed by atoms with Crippen molar-refractivity contribution < 1.29 is 4.79 Å². The number of benzene rings is 1. The van der Waals surface area contributed by atoms with Gasteiger partial charge in [-0.1, -0.05) is 111 Å². The van der Waals surface area contributed by atoms with Crippen LogP contribution in [-0.2, 0) is 11.3 Å². The second-order valence-corrected chi connectivity index (χ2v) is 10.5. The minimum absolute atomic E-state index is 0.199. The van der Waals surface area contributed by atoms with Crippen LogP contribution >= 0.6 is 0 Å².